The maximum atomic E-state index is 6.28. The van der Waals surface area contributed by atoms with Crippen molar-refractivity contribution in [2.24, 2.45) is 0 Å². The molecule has 7 rings (SSSR count). The average Bonchev–Trinajstić information content (AvgIpc) is 3.50. The molecule has 8 heteroatoms. The van der Waals surface area contributed by atoms with Crippen molar-refractivity contribution in [3.8, 4) is 22.6 Å². The van der Waals surface area contributed by atoms with Crippen molar-refractivity contribution in [3.05, 3.63) is 97.2 Å². The van der Waals surface area contributed by atoms with Crippen molar-refractivity contribution in [2.75, 3.05) is 18.4 Å². The largest absolute Gasteiger partial charge is 0.455 e. The molecule has 3 aromatic heterocycles. The standard InChI is InChI=1S/C32H29N7O/c1-21-16-25(8-10-29(21)40-30-6-2-4-22-5-3-13-34-31(22)30)38-32-27-17-23(7-9-28(27)35-20-36-32)24-18-37-39(19-24)26-11-14-33-15-12-26/h2-10,13,16-20,26,33H,11-12,14-15H2,1H3,(H,35,36,38). The van der Waals surface area contributed by atoms with E-state index < -0.39 is 0 Å². The molecule has 0 bridgehead atoms. The quantitative estimate of drug-likeness (QED) is 0.246. The van der Waals surface area contributed by atoms with Crippen molar-refractivity contribution in [1.82, 2.24) is 30.0 Å². The Hall–Kier alpha value is -4.82. The molecule has 0 spiro atoms. The van der Waals surface area contributed by atoms with Gasteiger partial charge in [0, 0.05) is 34.4 Å². The summed E-state index contributed by atoms with van der Waals surface area (Å²) in [6.45, 7) is 4.11. The molecule has 0 atom stereocenters. The summed E-state index contributed by atoms with van der Waals surface area (Å²) in [5, 5.41) is 13.6. The molecule has 0 amide bonds. The average molecular weight is 528 g/mol. The number of piperidine rings is 1. The number of aryl methyl sites for hydroxylation is 1. The number of rotatable bonds is 6. The molecule has 1 aliphatic heterocycles. The maximum Gasteiger partial charge on any atom is 0.153 e. The van der Waals surface area contributed by atoms with Crippen LogP contribution in [0.1, 0.15) is 24.4 Å². The fourth-order valence-electron chi connectivity index (χ4n) is 5.35. The Balaban J connectivity index is 1.15. The second-order valence-electron chi connectivity index (χ2n) is 10.2. The lowest BCUT2D eigenvalue weighted by molar-refractivity contribution is 0.343. The van der Waals surface area contributed by atoms with Crippen LogP contribution < -0.4 is 15.4 Å². The summed E-state index contributed by atoms with van der Waals surface area (Å²) in [4.78, 5) is 13.6. The fourth-order valence-corrected chi connectivity index (χ4v) is 5.35. The van der Waals surface area contributed by atoms with Crippen LogP contribution in [0.2, 0.25) is 0 Å². The number of aromatic nitrogens is 5. The Labute approximate surface area is 232 Å². The molecule has 1 saturated heterocycles. The third-order valence-electron chi connectivity index (χ3n) is 7.51. The van der Waals surface area contributed by atoms with Gasteiger partial charge in [0.25, 0.3) is 0 Å². The van der Waals surface area contributed by atoms with Gasteiger partial charge in [0.1, 0.15) is 23.4 Å². The first kappa shape index (κ1) is 24.2. The minimum absolute atomic E-state index is 0.447. The van der Waals surface area contributed by atoms with Gasteiger partial charge in [0.15, 0.2) is 5.75 Å². The van der Waals surface area contributed by atoms with Gasteiger partial charge in [-0.2, -0.15) is 5.10 Å². The number of anilines is 2. The number of fused-ring (bicyclic) bond motifs is 2. The van der Waals surface area contributed by atoms with Gasteiger partial charge in [0.05, 0.1) is 17.8 Å². The summed E-state index contributed by atoms with van der Waals surface area (Å²) in [6.07, 6.45) is 9.69. The van der Waals surface area contributed by atoms with E-state index in [9.17, 15) is 0 Å². The highest BCUT2D eigenvalue weighted by Crippen LogP contribution is 2.33. The first-order valence-electron chi connectivity index (χ1n) is 13.6. The van der Waals surface area contributed by atoms with Gasteiger partial charge in [-0.1, -0.05) is 24.3 Å². The molecule has 6 aromatic rings. The van der Waals surface area contributed by atoms with Crippen LogP contribution in [0.5, 0.6) is 11.5 Å². The Morgan fingerprint density at radius 2 is 1.80 bits per heavy atom. The Morgan fingerprint density at radius 3 is 2.70 bits per heavy atom. The molecule has 4 heterocycles. The van der Waals surface area contributed by atoms with Gasteiger partial charge in [-0.3, -0.25) is 9.67 Å². The summed E-state index contributed by atoms with van der Waals surface area (Å²) in [5.74, 6) is 2.27. The van der Waals surface area contributed by atoms with E-state index in [0.29, 0.717) is 6.04 Å². The van der Waals surface area contributed by atoms with Gasteiger partial charge >= 0.3 is 0 Å². The summed E-state index contributed by atoms with van der Waals surface area (Å²) in [5.41, 5.74) is 5.83. The Morgan fingerprint density at radius 1 is 0.900 bits per heavy atom. The Bertz CT molecular complexity index is 1820. The maximum absolute atomic E-state index is 6.28. The highest BCUT2D eigenvalue weighted by atomic mass is 16.5. The van der Waals surface area contributed by atoms with Gasteiger partial charge in [-0.15, -0.1) is 0 Å². The van der Waals surface area contributed by atoms with E-state index in [1.807, 2.05) is 61.7 Å². The molecule has 3 aromatic carbocycles. The van der Waals surface area contributed by atoms with E-state index in [0.717, 1.165) is 87.4 Å². The van der Waals surface area contributed by atoms with Crippen molar-refractivity contribution in [3.63, 3.8) is 0 Å². The summed E-state index contributed by atoms with van der Waals surface area (Å²) in [7, 11) is 0. The van der Waals surface area contributed by atoms with E-state index in [-0.39, 0.29) is 0 Å². The molecule has 8 nitrogen and oxygen atoms in total. The number of benzene rings is 3. The van der Waals surface area contributed by atoms with Gasteiger partial charge in [0.2, 0.25) is 0 Å². The SMILES string of the molecule is Cc1cc(Nc2ncnc3ccc(-c4cnn(C5CCNCC5)c4)cc23)ccc1Oc1cccc2cccnc12. The van der Waals surface area contributed by atoms with Crippen LogP contribution in [-0.4, -0.2) is 37.8 Å². The normalized spacial score (nSPS) is 14.0. The lowest BCUT2D eigenvalue weighted by atomic mass is 10.1. The number of para-hydroxylation sites is 1. The highest BCUT2D eigenvalue weighted by molar-refractivity contribution is 5.93. The minimum atomic E-state index is 0.447. The van der Waals surface area contributed by atoms with Crippen LogP contribution in [0.3, 0.4) is 0 Å². The number of hydrogen-bond acceptors (Lipinski definition) is 7. The highest BCUT2D eigenvalue weighted by Gasteiger charge is 2.17. The van der Waals surface area contributed by atoms with Crippen LogP contribution in [0.15, 0.2) is 91.6 Å². The molecule has 198 valence electrons. The Kier molecular flexibility index (Phi) is 6.30. The van der Waals surface area contributed by atoms with Crippen molar-refractivity contribution in [2.45, 2.75) is 25.8 Å². The van der Waals surface area contributed by atoms with Crippen LogP contribution in [0.25, 0.3) is 32.9 Å². The molecule has 1 fully saturated rings. The second kappa shape index (κ2) is 10.4. The van der Waals surface area contributed by atoms with Crippen LogP contribution in [-0.2, 0) is 0 Å². The van der Waals surface area contributed by atoms with Gasteiger partial charge in [-0.05, 0) is 86.4 Å². The summed E-state index contributed by atoms with van der Waals surface area (Å²) >= 11 is 0. The third-order valence-corrected chi connectivity index (χ3v) is 7.51. The van der Waals surface area contributed by atoms with E-state index >= 15 is 0 Å². The van der Waals surface area contributed by atoms with Crippen molar-refractivity contribution in [1.29, 1.82) is 0 Å². The zero-order valence-corrected chi connectivity index (χ0v) is 22.2. The lowest BCUT2D eigenvalue weighted by Gasteiger charge is -2.22. The molecule has 0 aliphatic carbocycles. The van der Waals surface area contributed by atoms with E-state index in [1.165, 1.54) is 0 Å². The van der Waals surface area contributed by atoms with Crippen molar-refractivity contribution >= 4 is 33.3 Å². The zero-order chi connectivity index (χ0) is 26.9. The van der Waals surface area contributed by atoms with Crippen LogP contribution in [0.4, 0.5) is 11.5 Å². The molecule has 2 N–H and O–H groups in total. The number of nitrogens with one attached hydrogen (secondary N) is 2. The van der Waals surface area contributed by atoms with E-state index in [2.05, 4.69) is 59.8 Å². The van der Waals surface area contributed by atoms with E-state index in [4.69, 9.17) is 4.74 Å². The predicted molar refractivity (Wildman–Crippen MR) is 158 cm³/mol. The van der Waals surface area contributed by atoms with E-state index in [1.54, 1.807) is 12.5 Å². The molecule has 1 aliphatic rings. The number of hydrogen-bond donors (Lipinski definition) is 2. The first-order chi connectivity index (χ1) is 19.7. The second-order valence-corrected chi connectivity index (χ2v) is 10.2. The van der Waals surface area contributed by atoms with Gasteiger partial charge < -0.3 is 15.4 Å². The van der Waals surface area contributed by atoms with Crippen molar-refractivity contribution < 1.29 is 4.74 Å². The number of nitrogens with zero attached hydrogens (tertiary/aromatic N) is 5. The molecule has 0 radical (unpaired) electrons. The summed E-state index contributed by atoms with van der Waals surface area (Å²) in [6, 6.07) is 22.7. The third kappa shape index (κ3) is 4.74. The first-order valence-corrected chi connectivity index (χ1v) is 13.6. The fraction of sp³-hybridized carbons (Fsp3) is 0.188. The monoisotopic (exact) mass is 527 g/mol. The smallest absolute Gasteiger partial charge is 0.153 e. The molecule has 0 unspecified atom stereocenters. The molecular formula is C32H29N7O. The van der Waals surface area contributed by atoms with Gasteiger partial charge in [-0.25, -0.2) is 9.97 Å². The lowest BCUT2D eigenvalue weighted by Crippen LogP contribution is -2.29. The summed E-state index contributed by atoms with van der Waals surface area (Å²) < 4.78 is 8.39. The topological polar surface area (TPSA) is 89.8 Å². The number of ether oxygens (including phenoxy) is 1. The number of pyridine rings is 1. The van der Waals surface area contributed by atoms with Crippen LogP contribution >= 0.6 is 0 Å². The zero-order valence-electron chi connectivity index (χ0n) is 22.2. The predicted octanol–water partition coefficient (Wildman–Crippen LogP) is 6.81. The molecular weight excluding hydrogens is 498 g/mol. The molecule has 40 heavy (non-hydrogen) atoms. The van der Waals surface area contributed by atoms with Crippen LogP contribution in [0, 0.1) is 6.92 Å². The minimum Gasteiger partial charge on any atom is -0.455 e. The molecule has 0 saturated carbocycles.